The minimum Gasteiger partial charge on any atom is -0.319 e. The largest absolute Gasteiger partial charge is 0.319 e. The van der Waals surface area contributed by atoms with Crippen molar-refractivity contribution >= 4 is 22.2 Å². The number of rotatable bonds is 3. The summed E-state index contributed by atoms with van der Waals surface area (Å²) in [6.07, 6.45) is -1.61. The van der Waals surface area contributed by atoms with Crippen molar-refractivity contribution in [3.05, 3.63) is 29.8 Å². The number of sulfone groups is 1. The highest BCUT2D eigenvalue weighted by Gasteiger charge is 2.17. The molecule has 0 fully saturated rings. The fourth-order valence-corrected chi connectivity index (χ4v) is 1.71. The van der Waals surface area contributed by atoms with Crippen LogP contribution in [0.2, 0.25) is 0 Å². The van der Waals surface area contributed by atoms with E-state index >= 15 is 0 Å². The van der Waals surface area contributed by atoms with Gasteiger partial charge in [0, 0.05) is 6.26 Å². The predicted octanol–water partition coefficient (Wildman–Crippen LogP) is 1.78. The molecule has 16 heavy (non-hydrogen) atoms. The molecular weight excluding hydrogens is 260 g/mol. The number of hydrogen-bond donors (Lipinski definition) is 1. The first kappa shape index (κ1) is 15.3. The Labute approximate surface area is 99.0 Å². The summed E-state index contributed by atoms with van der Waals surface area (Å²) in [7, 11) is -3.29. The average molecular weight is 272 g/mol. The molecular formula is C9H12ClF2NO2S. The van der Waals surface area contributed by atoms with Crippen molar-refractivity contribution in [2.45, 2.75) is 17.4 Å². The lowest BCUT2D eigenvalue weighted by molar-refractivity contribution is 0.116. The number of benzene rings is 1. The molecule has 0 aliphatic heterocycles. The Balaban J connectivity index is 0.00000225. The van der Waals surface area contributed by atoms with Crippen molar-refractivity contribution in [3.8, 4) is 0 Å². The molecule has 0 radical (unpaired) electrons. The lowest BCUT2D eigenvalue weighted by atomic mass is 10.1. The van der Waals surface area contributed by atoms with Crippen LogP contribution in [0.3, 0.4) is 0 Å². The molecule has 0 unspecified atom stereocenters. The molecule has 1 atom stereocenters. The van der Waals surface area contributed by atoms with Crippen LogP contribution in [0.15, 0.2) is 29.2 Å². The zero-order chi connectivity index (χ0) is 11.6. The van der Waals surface area contributed by atoms with Gasteiger partial charge in [0.2, 0.25) is 0 Å². The molecule has 3 nitrogen and oxygen atoms in total. The zero-order valence-electron chi connectivity index (χ0n) is 8.43. The molecule has 0 spiro atoms. The molecule has 0 aliphatic rings. The quantitative estimate of drug-likeness (QED) is 0.912. The Kier molecular flexibility index (Phi) is 5.31. The summed E-state index contributed by atoms with van der Waals surface area (Å²) in [6.45, 7) is 0. The Morgan fingerprint density at radius 1 is 1.19 bits per heavy atom. The van der Waals surface area contributed by atoms with Gasteiger partial charge >= 0.3 is 0 Å². The summed E-state index contributed by atoms with van der Waals surface area (Å²) >= 11 is 0. The number of nitrogens with two attached hydrogens (primary N) is 1. The smallest absolute Gasteiger partial charge is 0.257 e. The van der Waals surface area contributed by atoms with E-state index in [2.05, 4.69) is 0 Å². The molecule has 1 rings (SSSR count). The van der Waals surface area contributed by atoms with Gasteiger partial charge in [0.15, 0.2) is 9.84 Å². The van der Waals surface area contributed by atoms with Crippen LogP contribution in [0, 0.1) is 0 Å². The first-order chi connectivity index (χ1) is 6.82. The topological polar surface area (TPSA) is 60.2 Å². The summed E-state index contributed by atoms with van der Waals surface area (Å²) in [5, 5.41) is 0. The molecule has 0 saturated heterocycles. The van der Waals surface area contributed by atoms with Crippen molar-refractivity contribution in [1.82, 2.24) is 0 Å². The van der Waals surface area contributed by atoms with E-state index in [0.717, 1.165) is 6.26 Å². The second-order valence-corrected chi connectivity index (χ2v) is 5.22. The molecule has 0 aliphatic carbocycles. The van der Waals surface area contributed by atoms with E-state index in [1.54, 1.807) is 0 Å². The SMILES string of the molecule is CS(=O)(=O)c1ccc([C@@H](N)C(F)F)cc1.Cl. The molecule has 0 bridgehead atoms. The van der Waals surface area contributed by atoms with Gasteiger partial charge in [0.25, 0.3) is 6.43 Å². The molecule has 2 N–H and O–H groups in total. The lowest BCUT2D eigenvalue weighted by Gasteiger charge is -2.10. The van der Waals surface area contributed by atoms with Gasteiger partial charge in [-0.15, -0.1) is 12.4 Å². The highest BCUT2D eigenvalue weighted by atomic mass is 35.5. The van der Waals surface area contributed by atoms with Crippen LogP contribution in [0.1, 0.15) is 11.6 Å². The highest BCUT2D eigenvalue weighted by Crippen LogP contribution is 2.19. The molecule has 0 aromatic heterocycles. The molecule has 92 valence electrons. The van der Waals surface area contributed by atoms with Crippen molar-refractivity contribution in [2.24, 2.45) is 5.73 Å². The number of halogens is 3. The third-order valence-corrected chi connectivity index (χ3v) is 3.09. The van der Waals surface area contributed by atoms with Crippen LogP contribution in [-0.2, 0) is 9.84 Å². The third kappa shape index (κ3) is 3.70. The molecule has 1 aromatic carbocycles. The van der Waals surface area contributed by atoms with E-state index in [9.17, 15) is 17.2 Å². The van der Waals surface area contributed by atoms with E-state index in [4.69, 9.17) is 5.73 Å². The molecule has 0 heterocycles. The number of alkyl halides is 2. The zero-order valence-corrected chi connectivity index (χ0v) is 10.1. The van der Waals surface area contributed by atoms with Gasteiger partial charge in [0.1, 0.15) is 0 Å². The molecule has 7 heteroatoms. The Hall–Kier alpha value is -0.720. The second kappa shape index (κ2) is 5.56. The summed E-state index contributed by atoms with van der Waals surface area (Å²) in [5.74, 6) is 0. The van der Waals surface area contributed by atoms with Crippen LogP contribution in [-0.4, -0.2) is 21.1 Å². The molecule has 1 aromatic rings. The third-order valence-electron chi connectivity index (χ3n) is 1.96. The first-order valence-electron chi connectivity index (χ1n) is 4.16. The normalized spacial score (nSPS) is 13.3. The standard InChI is InChI=1S/C9H11F2NO2S.ClH/c1-15(13,14)7-4-2-6(3-5-7)8(12)9(10)11;/h2-5,8-9H,12H2,1H3;1H/t8-;/m1./s1. The van der Waals surface area contributed by atoms with Crippen LogP contribution in [0.5, 0.6) is 0 Å². The minimum atomic E-state index is -3.29. The maximum atomic E-state index is 12.2. The maximum Gasteiger partial charge on any atom is 0.257 e. The first-order valence-corrected chi connectivity index (χ1v) is 6.05. The van der Waals surface area contributed by atoms with E-state index in [0.29, 0.717) is 0 Å². The summed E-state index contributed by atoms with van der Waals surface area (Å²) < 4.78 is 46.5. The van der Waals surface area contributed by atoms with E-state index in [1.807, 2.05) is 0 Å². The van der Waals surface area contributed by atoms with Gasteiger partial charge in [-0.3, -0.25) is 0 Å². The molecule has 0 amide bonds. The summed E-state index contributed by atoms with van der Waals surface area (Å²) in [5.41, 5.74) is 5.42. The Morgan fingerprint density at radius 2 is 1.62 bits per heavy atom. The predicted molar refractivity (Wildman–Crippen MR) is 59.7 cm³/mol. The van der Waals surface area contributed by atoms with Gasteiger partial charge in [-0.05, 0) is 17.7 Å². The summed E-state index contributed by atoms with van der Waals surface area (Å²) in [4.78, 5) is 0.0905. The van der Waals surface area contributed by atoms with Gasteiger partial charge in [-0.2, -0.15) is 0 Å². The van der Waals surface area contributed by atoms with Crippen molar-refractivity contribution in [3.63, 3.8) is 0 Å². The van der Waals surface area contributed by atoms with Gasteiger partial charge < -0.3 is 5.73 Å². The maximum absolute atomic E-state index is 12.2. The van der Waals surface area contributed by atoms with Crippen LogP contribution in [0.25, 0.3) is 0 Å². The van der Waals surface area contributed by atoms with Crippen molar-refractivity contribution in [1.29, 1.82) is 0 Å². The van der Waals surface area contributed by atoms with Crippen LogP contribution >= 0.6 is 12.4 Å². The monoisotopic (exact) mass is 271 g/mol. The lowest BCUT2D eigenvalue weighted by Crippen LogP contribution is -2.18. The van der Waals surface area contributed by atoms with Gasteiger partial charge in [-0.25, -0.2) is 17.2 Å². The van der Waals surface area contributed by atoms with Gasteiger partial charge in [0.05, 0.1) is 10.9 Å². The minimum absolute atomic E-state index is 0. The van der Waals surface area contributed by atoms with E-state index in [1.165, 1.54) is 24.3 Å². The Bertz CT molecular complexity index is 433. The van der Waals surface area contributed by atoms with Crippen molar-refractivity contribution in [2.75, 3.05) is 6.26 Å². The summed E-state index contributed by atoms with van der Waals surface area (Å²) in [6, 6.07) is 3.76. The van der Waals surface area contributed by atoms with Crippen molar-refractivity contribution < 1.29 is 17.2 Å². The fraction of sp³-hybridized carbons (Fsp3) is 0.333. The average Bonchev–Trinajstić information content (AvgIpc) is 2.15. The number of hydrogen-bond acceptors (Lipinski definition) is 3. The van der Waals surface area contributed by atoms with Crippen LogP contribution in [0.4, 0.5) is 8.78 Å². The second-order valence-electron chi connectivity index (χ2n) is 3.20. The fourth-order valence-electron chi connectivity index (χ4n) is 1.08. The Morgan fingerprint density at radius 3 is 1.94 bits per heavy atom. The van der Waals surface area contributed by atoms with Gasteiger partial charge in [-0.1, -0.05) is 12.1 Å². The van der Waals surface area contributed by atoms with Crippen LogP contribution < -0.4 is 5.73 Å². The van der Waals surface area contributed by atoms with E-state index < -0.39 is 22.3 Å². The van der Waals surface area contributed by atoms with E-state index in [-0.39, 0.29) is 22.9 Å². The molecule has 0 saturated carbocycles. The highest BCUT2D eigenvalue weighted by molar-refractivity contribution is 7.90.